The van der Waals surface area contributed by atoms with Crippen LogP contribution in [0.1, 0.15) is 18.9 Å². The summed E-state index contributed by atoms with van der Waals surface area (Å²) in [5, 5.41) is 0. The molecule has 0 spiro atoms. The monoisotopic (exact) mass is 299 g/mol. The first kappa shape index (κ1) is 12.9. The van der Waals surface area contributed by atoms with Crippen molar-refractivity contribution in [2.24, 2.45) is 5.73 Å². The summed E-state index contributed by atoms with van der Waals surface area (Å²) in [5.74, 6) is 0.914. The topological polar surface area (TPSA) is 44.5 Å². The van der Waals surface area contributed by atoms with Crippen molar-refractivity contribution in [3.63, 3.8) is 0 Å². The lowest BCUT2D eigenvalue weighted by molar-refractivity contribution is -0.0674. The molecule has 2 rings (SSSR count). The molecule has 0 aliphatic carbocycles. The fraction of sp³-hybridized carbons (Fsp3) is 0.538. The van der Waals surface area contributed by atoms with Gasteiger partial charge in [0.1, 0.15) is 5.75 Å². The lowest BCUT2D eigenvalue weighted by atomic mass is 9.73. The van der Waals surface area contributed by atoms with E-state index in [0.717, 1.165) is 29.9 Å². The molecule has 2 N–H and O–H groups in total. The van der Waals surface area contributed by atoms with Crippen LogP contribution in [0, 0.1) is 0 Å². The fourth-order valence-corrected chi connectivity index (χ4v) is 2.80. The standard InChI is InChI=1S/C13H18BrNO2/c1-9(15)6-13(7-17-8-13)11-5-10(14)3-4-12(11)16-2/h3-5,9H,6-8,15H2,1-2H3. The van der Waals surface area contributed by atoms with Crippen LogP contribution in [0.25, 0.3) is 0 Å². The van der Waals surface area contributed by atoms with Gasteiger partial charge >= 0.3 is 0 Å². The summed E-state index contributed by atoms with van der Waals surface area (Å²) in [7, 11) is 1.70. The summed E-state index contributed by atoms with van der Waals surface area (Å²) in [5.41, 5.74) is 7.16. The predicted octanol–water partition coefficient (Wildman–Crippen LogP) is 2.46. The van der Waals surface area contributed by atoms with E-state index >= 15 is 0 Å². The zero-order valence-electron chi connectivity index (χ0n) is 10.2. The zero-order chi connectivity index (χ0) is 12.5. The summed E-state index contributed by atoms with van der Waals surface area (Å²) >= 11 is 3.51. The summed E-state index contributed by atoms with van der Waals surface area (Å²) in [6, 6.07) is 6.24. The van der Waals surface area contributed by atoms with E-state index in [9.17, 15) is 0 Å². The Morgan fingerprint density at radius 2 is 2.24 bits per heavy atom. The number of rotatable bonds is 4. The van der Waals surface area contributed by atoms with Gasteiger partial charge in [-0.15, -0.1) is 0 Å². The second-order valence-electron chi connectivity index (χ2n) is 4.80. The van der Waals surface area contributed by atoms with Gasteiger partial charge in [-0.2, -0.15) is 0 Å². The van der Waals surface area contributed by atoms with Gasteiger partial charge in [0.05, 0.1) is 20.3 Å². The third kappa shape index (κ3) is 2.49. The summed E-state index contributed by atoms with van der Waals surface area (Å²) in [4.78, 5) is 0. The average molecular weight is 300 g/mol. The van der Waals surface area contributed by atoms with Crippen LogP contribution in [0.4, 0.5) is 0 Å². The van der Waals surface area contributed by atoms with Crippen molar-refractivity contribution in [2.45, 2.75) is 24.8 Å². The first-order valence-electron chi connectivity index (χ1n) is 5.75. The molecule has 94 valence electrons. The molecule has 1 fully saturated rings. The van der Waals surface area contributed by atoms with Crippen molar-refractivity contribution in [2.75, 3.05) is 20.3 Å². The lowest BCUT2D eigenvalue weighted by Gasteiger charge is -2.43. The van der Waals surface area contributed by atoms with Crippen LogP contribution in [0.15, 0.2) is 22.7 Å². The normalized spacial score (nSPS) is 19.5. The Morgan fingerprint density at radius 3 is 2.71 bits per heavy atom. The van der Waals surface area contributed by atoms with Crippen molar-refractivity contribution in [3.05, 3.63) is 28.2 Å². The number of halogens is 1. The first-order valence-corrected chi connectivity index (χ1v) is 6.54. The maximum Gasteiger partial charge on any atom is 0.122 e. The molecule has 1 aliphatic heterocycles. The smallest absolute Gasteiger partial charge is 0.122 e. The molecule has 1 heterocycles. The number of ether oxygens (including phenoxy) is 2. The van der Waals surface area contributed by atoms with Crippen LogP contribution in [0.3, 0.4) is 0 Å². The van der Waals surface area contributed by atoms with E-state index in [2.05, 4.69) is 22.0 Å². The maximum absolute atomic E-state index is 5.95. The van der Waals surface area contributed by atoms with Crippen LogP contribution in [-0.2, 0) is 10.2 Å². The Kier molecular flexibility index (Phi) is 3.76. The van der Waals surface area contributed by atoms with Gasteiger partial charge in [0.15, 0.2) is 0 Å². The van der Waals surface area contributed by atoms with Gasteiger partial charge in [-0.05, 0) is 31.5 Å². The van der Waals surface area contributed by atoms with Crippen LogP contribution >= 0.6 is 15.9 Å². The summed E-state index contributed by atoms with van der Waals surface area (Å²) in [6.07, 6.45) is 0.916. The molecular formula is C13H18BrNO2. The van der Waals surface area contributed by atoms with E-state index in [1.807, 2.05) is 19.1 Å². The van der Waals surface area contributed by atoms with Crippen molar-refractivity contribution in [3.8, 4) is 5.75 Å². The van der Waals surface area contributed by atoms with Gasteiger partial charge in [-0.25, -0.2) is 0 Å². The highest BCUT2D eigenvalue weighted by atomic mass is 79.9. The summed E-state index contributed by atoms with van der Waals surface area (Å²) < 4.78 is 11.9. The van der Waals surface area contributed by atoms with Crippen molar-refractivity contribution >= 4 is 15.9 Å². The van der Waals surface area contributed by atoms with Crippen molar-refractivity contribution in [1.82, 2.24) is 0 Å². The Balaban J connectivity index is 2.39. The van der Waals surface area contributed by atoms with Gasteiger partial charge in [0.2, 0.25) is 0 Å². The Hall–Kier alpha value is -0.580. The molecule has 3 nitrogen and oxygen atoms in total. The molecule has 1 aromatic carbocycles. The number of nitrogens with two attached hydrogens (primary N) is 1. The quantitative estimate of drug-likeness (QED) is 0.929. The van der Waals surface area contributed by atoms with E-state index < -0.39 is 0 Å². The van der Waals surface area contributed by atoms with Gasteiger partial charge in [-0.1, -0.05) is 15.9 Å². The van der Waals surface area contributed by atoms with E-state index in [1.165, 1.54) is 5.56 Å². The molecule has 1 aliphatic rings. The van der Waals surface area contributed by atoms with Gasteiger partial charge in [0.25, 0.3) is 0 Å². The third-order valence-corrected chi connectivity index (χ3v) is 3.70. The molecule has 1 atom stereocenters. The van der Waals surface area contributed by atoms with E-state index in [0.29, 0.717) is 0 Å². The zero-order valence-corrected chi connectivity index (χ0v) is 11.8. The number of methoxy groups -OCH3 is 1. The van der Waals surface area contributed by atoms with Crippen LogP contribution in [-0.4, -0.2) is 26.4 Å². The molecular weight excluding hydrogens is 282 g/mol. The fourth-order valence-electron chi connectivity index (χ4n) is 2.44. The molecule has 0 radical (unpaired) electrons. The number of benzene rings is 1. The van der Waals surface area contributed by atoms with Crippen LogP contribution in [0.2, 0.25) is 0 Å². The van der Waals surface area contributed by atoms with Crippen molar-refractivity contribution < 1.29 is 9.47 Å². The Labute approximate surface area is 110 Å². The van der Waals surface area contributed by atoms with E-state index in [-0.39, 0.29) is 11.5 Å². The van der Waals surface area contributed by atoms with Crippen LogP contribution < -0.4 is 10.5 Å². The molecule has 1 aromatic rings. The van der Waals surface area contributed by atoms with Crippen LogP contribution in [0.5, 0.6) is 5.75 Å². The molecule has 17 heavy (non-hydrogen) atoms. The highest BCUT2D eigenvalue weighted by Gasteiger charge is 2.42. The van der Waals surface area contributed by atoms with E-state index in [1.54, 1.807) is 7.11 Å². The van der Waals surface area contributed by atoms with Gasteiger partial charge in [0, 0.05) is 21.5 Å². The minimum Gasteiger partial charge on any atom is -0.496 e. The van der Waals surface area contributed by atoms with Gasteiger partial charge in [-0.3, -0.25) is 0 Å². The predicted molar refractivity (Wildman–Crippen MR) is 71.5 cm³/mol. The lowest BCUT2D eigenvalue weighted by Crippen LogP contribution is -2.50. The van der Waals surface area contributed by atoms with E-state index in [4.69, 9.17) is 15.2 Å². The molecule has 0 saturated carbocycles. The highest BCUT2D eigenvalue weighted by Crippen LogP contribution is 2.42. The third-order valence-electron chi connectivity index (χ3n) is 3.20. The molecule has 1 unspecified atom stereocenters. The first-order chi connectivity index (χ1) is 8.07. The Bertz CT molecular complexity index is 402. The second kappa shape index (κ2) is 4.96. The molecule has 0 aromatic heterocycles. The summed E-state index contributed by atoms with van der Waals surface area (Å²) in [6.45, 7) is 3.48. The minimum atomic E-state index is 0.0172. The second-order valence-corrected chi connectivity index (χ2v) is 5.71. The molecule has 1 saturated heterocycles. The molecule has 0 amide bonds. The Morgan fingerprint density at radius 1 is 1.53 bits per heavy atom. The van der Waals surface area contributed by atoms with Crippen molar-refractivity contribution in [1.29, 1.82) is 0 Å². The number of hydrogen-bond donors (Lipinski definition) is 1. The largest absolute Gasteiger partial charge is 0.496 e. The molecule has 0 bridgehead atoms. The molecule has 4 heteroatoms. The number of hydrogen-bond acceptors (Lipinski definition) is 3. The highest BCUT2D eigenvalue weighted by molar-refractivity contribution is 9.10. The maximum atomic E-state index is 5.95. The van der Waals surface area contributed by atoms with Gasteiger partial charge < -0.3 is 15.2 Å². The SMILES string of the molecule is COc1ccc(Br)cc1C1(CC(C)N)COC1. The minimum absolute atomic E-state index is 0.0172. The average Bonchev–Trinajstić information content (AvgIpc) is 2.23.